The van der Waals surface area contributed by atoms with E-state index >= 15 is 13.2 Å². The summed E-state index contributed by atoms with van der Waals surface area (Å²) in [5, 5.41) is 0.103. The molecule has 1 spiro atoms. The van der Waals surface area contributed by atoms with Crippen molar-refractivity contribution in [2.45, 2.75) is 30.5 Å². The fourth-order valence-corrected chi connectivity index (χ4v) is 8.73. The number of amides is 1. The molecule has 0 radical (unpaired) electrons. The lowest BCUT2D eigenvalue weighted by molar-refractivity contribution is -0.137. The van der Waals surface area contributed by atoms with E-state index in [4.69, 9.17) is 0 Å². The zero-order valence-corrected chi connectivity index (χ0v) is 24.6. The molecule has 2 aromatic heterocycles. The number of rotatable bonds is 3. The average Bonchev–Trinajstić information content (AvgIpc) is 3.28. The van der Waals surface area contributed by atoms with Crippen LogP contribution in [0, 0.1) is 11.2 Å². The van der Waals surface area contributed by atoms with Gasteiger partial charge in [-0.05, 0) is 24.3 Å². The van der Waals surface area contributed by atoms with E-state index in [0.717, 1.165) is 23.9 Å². The molecular weight excluding hydrogens is 622 g/mol. The highest BCUT2D eigenvalue weighted by Gasteiger charge is 2.47. The van der Waals surface area contributed by atoms with Crippen LogP contribution in [0.25, 0.3) is 32.2 Å². The van der Waals surface area contributed by atoms with Gasteiger partial charge in [-0.25, -0.2) is 9.18 Å². The number of anilines is 1. The van der Waals surface area contributed by atoms with Crippen LogP contribution in [0.1, 0.15) is 18.4 Å². The van der Waals surface area contributed by atoms with E-state index in [1.165, 1.54) is 16.7 Å². The summed E-state index contributed by atoms with van der Waals surface area (Å²) in [7, 11) is 0. The lowest BCUT2D eigenvalue weighted by atomic mass is 9.69. The van der Waals surface area contributed by atoms with Crippen LogP contribution < -0.4 is 15.5 Å². The number of nitrogens with zero attached hydrogens (tertiary/aromatic N) is 4. The van der Waals surface area contributed by atoms with E-state index in [1.54, 1.807) is 9.80 Å². The number of Topliss-reactive ketones (excluding diaryl/α,β-unsaturated/α-hetero) is 1. The number of carbonyl (C=O) groups excluding carboxylic acids is 2. The van der Waals surface area contributed by atoms with Crippen molar-refractivity contribution in [2.75, 3.05) is 36.8 Å². The Morgan fingerprint density at radius 2 is 1.84 bits per heavy atom. The summed E-state index contributed by atoms with van der Waals surface area (Å²) in [6.07, 6.45) is -3.33. The maximum absolute atomic E-state index is 15.0. The lowest BCUT2D eigenvalue weighted by Gasteiger charge is -2.39. The number of nitrogens with one attached hydrogen (secondary N) is 1. The second kappa shape index (κ2) is 10.0. The molecule has 2 aromatic carbocycles. The molecule has 1 amide bonds. The first kappa shape index (κ1) is 28.8. The number of piperazine rings is 1. The Kier molecular flexibility index (Phi) is 6.55. The van der Waals surface area contributed by atoms with E-state index in [-0.39, 0.29) is 106 Å². The minimum atomic E-state index is -4.89. The fourth-order valence-electron chi connectivity index (χ4n) is 6.49. The van der Waals surface area contributed by atoms with Gasteiger partial charge in [0.1, 0.15) is 17.4 Å². The van der Waals surface area contributed by atoms with Crippen LogP contribution in [-0.2, 0) is 22.3 Å². The van der Waals surface area contributed by atoms with E-state index < -0.39 is 33.5 Å². The molecular formula is C29H23F4N5O4S2. The van der Waals surface area contributed by atoms with Crippen LogP contribution in [0.3, 0.4) is 0 Å². The number of thioether (sulfide) groups is 1. The van der Waals surface area contributed by atoms with Crippen molar-refractivity contribution in [1.29, 1.82) is 0 Å². The summed E-state index contributed by atoms with van der Waals surface area (Å²) in [6, 6.07) is 3.21. The number of fused-ring (bicyclic) bond motifs is 1. The monoisotopic (exact) mass is 645 g/mol. The number of benzene rings is 2. The van der Waals surface area contributed by atoms with Gasteiger partial charge in [0.2, 0.25) is 5.91 Å². The molecule has 1 N–H and O–H groups in total. The molecule has 4 aromatic rings. The molecule has 0 atom stereocenters. The van der Waals surface area contributed by atoms with Crippen molar-refractivity contribution < 1.29 is 27.2 Å². The molecule has 44 heavy (non-hydrogen) atoms. The maximum Gasteiger partial charge on any atom is 0.417 e. The smallest absolute Gasteiger partial charge is 0.352 e. The maximum atomic E-state index is 15.0. The standard InChI is InChI=1S/C29H23F4N5O4S2/c1-2-19(40)36-5-7-37(8-6-36)25-16-9-17(29(31,32)33)20(15-3-4-18(30)23-21(15)34-27(42)44-23)24-22(16)38(26(41)35-25)12-28(13-43-24)10-14(39)11-28/h2-4,9H,1,5-8,10-13H2,(H,34,42). The number of thiazole rings is 1. The average molecular weight is 646 g/mol. The van der Waals surface area contributed by atoms with E-state index in [9.17, 15) is 23.6 Å². The van der Waals surface area contributed by atoms with Gasteiger partial charge in [0.05, 0.1) is 21.3 Å². The largest absolute Gasteiger partial charge is 0.417 e. The lowest BCUT2D eigenvalue weighted by Crippen LogP contribution is -2.49. The number of alkyl halides is 3. The fraction of sp³-hybridized carbons (Fsp3) is 0.345. The number of halogens is 4. The number of hydrogen-bond donors (Lipinski definition) is 1. The van der Waals surface area contributed by atoms with Crippen LogP contribution in [0.5, 0.6) is 0 Å². The Balaban J connectivity index is 1.53. The summed E-state index contributed by atoms with van der Waals surface area (Å²) in [6.45, 7) is 4.56. The van der Waals surface area contributed by atoms with Crippen molar-refractivity contribution in [1.82, 2.24) is 19.4 Å². The second-order valence-corrected chi connectivity index (χ2v) is 13.3. The molecule has 0 bridgehead atoms. The molecule has 1 saturated carbocycles. The number of aromatic amines is 1. The van der Waals surface area contributed by atoms with Crippen molar-refractivity contribution in [3.05, 3.63) is 62.4 Å². The van der Waals surface area contributed by atoms with Crippen LogP contribution in [-0.4, -0.2) is 63.1 Å². The van der Waals surface area contributed by atoms with Gasteiger partial charge >= 0.3 is 16.7 Å². The summed E-state index contributed by atoms with van der Waals surface area (Å²) in [5.41, 5.74) is -2.45. The molecule has 0 unspecified atom stereocenters. The molecule has 4 heterocycles. The van der Waals surface area contributed by atoms with Crippen molar-refractivity contribution in [3.8, 4) is 11.1 Å². The van der Waals surface area contributed by atoms with E-state index in [0.29, 0.717) is 11.3 Å². The zero-order chi connectivity index (χ0) is 31.1. The third kappa shape index (κ3) is 4.47. The number of H-pyrrole nitrogens is 1. The highest BCUT2D eigenvalue weighted by atomic mass is 32.2. The number of aromatic nitrogens is 3. The Bertz CT molecular complexity index is 2030. The van der Waals surface area contributed by atoms with Gasteiger partial charge in [0.15, 0.2) is 0 Å². The minimum absolute atomic E-state index is 0.00432. The molecule has 228 valence electrons. The molecule has 3 aliphatic rings. The molecule has 2 aliphatic heterocycles. The summed E-state index contributed by atoms with van der Waals surface area (Å²) < 4.78 is 61.1. The number of carbonyl (C=O) groups is 2. The van der Waals surface area contributed by atoms with Crippen molar-refractivity contribution in [3.63, 3.8) is 0 Å². The first-order valence-electron chi connectivity index (χ1n) is 13.7. The molecule has 1 aliphatic carbocycles. The van der Waals surface area contributed by atoms with Crippen molar-refractivity contribution >= 4 is 61.7 Å². The van der Waals surface area contributed by atoms with E-state index in [1.807, 2.05) is 0 Å². The summed E-state index contributed by atoms with van der Waals surface area (Å²) in [5.74, 6) is -0.677. The van der Waals surface area contributed by atoms with Gasteiger partial charge in [-0.15, -0.1) is 11.8 Å². The summed E-state index contributed by atoms with van der Waals surface area (Å²) >= 11 is 1.69. The Morgan fingerprint density at radius 1 is 1.11 bits per heavy atom. The van der Waals surface area contributed by atoms with Crippen LogP contribution in [0.15, 0.2) is 45.3 Å². The zero-order valence-electron chi connectivity index (χ0n) is 22.9. The Morgan fingerprint density at radius 3 is 2.50 bits per heavy atom. The highest BCUT2D eigenvalue weighted by Crippen LogP contribution is 2.53. The molecule has 15 heteroatoms. The highest BCUT2D eigenvalue weighted by molar-refractivity contribution is 7.99. The predicted octanol–water partition coefficient (Wildman–Crippen LogP) is 4.41. The molecule has 2 fully saturated rings. The van der Waals surface area contributed by atoms with Gasteiger partial charge in [-0.1, -0.05) is 17.9 Å². The summed E-state index contributed by atoms with van der Waals surface area (Å²) in [4.78, 5) is 59.8. The predicted molar refractivity (Wildman–Crippen MR) is 159 cm³/mol. The Hall–Kier alpha value is -3.98. The van der Waals surface area contributed by atoms with Gasteiger partial charge in [-0.3, -0.25) is 19.0 Å². The SMILES string of the molecule is C=CC(=O)N1CCN(c2nc(=O)n3c4c(c(-c5ccc(F)c6sc(=O)[nH]c56)c(C(F)(F)F)cc24)SCC2(CC(=O)C2)C3)CC1. The minimum Gasteiger partial charge on any atom is -0.352 e. The van der Waals surface area contributed by atoms with Crippen LogP contribution in [0.4, 0.5) is 23.4 Å². The molecule has 7 rings (SSSR count). The van der Waals surface area contributed by atoms with Gasteiger partial charge < -0.3 is 14.8 Å². The van der Waals surface area contributed by atoms with Crippen molar-refractivity contribution in [2.24, 2.45) is 5.41 Å². The van der Waals surface area contributed by atoms with Crippen LogP contribution in [0.2, 0.25) is 0 Å². The normalized spacial score (nSPS) is 18.1. The Labute approximate surface area is 254 Å². The van der Waals surface area contributed by atoms with Gasteiger partial charge in [-0.2, -0.15) is 18.2 Å². The van der Waals surface area contributed by atoms with Gasteiger partial charge in [0.25, 0.3) is 0 Å². The third-order valence-electron chi connectivity index (χ3n) is 8.53. The van der Waals surface area contributed by atoms with E-state index in [2.05, 4.69) is 16.5 Å². The second-order valence-electron chi connectivity index (χ2n) is 11.3. The first-order valence-corrected chi connectivity index (χ1v) is 15.5. The van der Waals surface area contributed by atoms with Crippen LogP contribution >= 0.6 is 23.1 Å². The topological polar surface area (TPSA) is 108 Å². The number of ketones is 1. The molecule has 1 saturated heterocycles. The third-order valence-corrected chi connectivity index (χ3v) is 10.9. The molecule has 9 nitrogen and oxygen atoms in total. The van der Waals surface area contributed by atoms with Gasteiger partial charge in [0, 0.05) is 78.1 Å². The quantitative estimate of drug-likeness (QED) is 0.260. The first-order chi connectivity index (χ1) is 20.9. The number of hydrogen-bond acceptors (Lipinski definition) is 8.